The summed E-state index contributed by atoms with van der Waals surface area (Å²) in [5.74, 6) is 0.857. The first-order valence-electron chi connectivity index (χ1n) is 9.48. The molecule has 1 amide bonds. The lowest BCUT2D eigenvalue weighted by Gasteiger charge is -2.21. The summed E-state index contributed by atoms with van der Waals surface area (Å²) in [6.45, 7) is 0.125. The SMILES string of the molecule is NC1=NC(=O)C2N=C(SCCSc3nc4c(=O)[nH]c(N)nc4n3CCO)N(CCO)C2=N1. The number of anilines is 1. The van der Waals surface area contributed by atoms with Crippen molar-refractivity contribution in [2.24, 2.45) is 20.7 Å². The number of aromatic amines is 1. The molecular weight excluding hydrogens is 460 g/mol. The van der Waals surface area contributed by atoms with E-state index >= 15 is 0 Å². The highest BCUT2D eigenvalue weighted by Gasteiger charge is 2.39. The number of imidazole rings is 1. The fourth-order valence-corrected chi connectivity index (χ4v) is 5.24. The van der Waals surface area contributed by atoms with Crippen LogP contribution in [0.1, 0.15) is 0 Å². The zero-order chi connectivity index (χ0) is 22.8. The highest BCUT2D eigenvalue weighted by atomic mass is 32.2. The van der Waals surface area contributed by atoms with Crippen molar-refractivity contribution in [3.8, 4) is 0 Å². The molecule has 0 fully saturated rings. The molecule has 0 spiro atoms. The number of guanidine groups is 1. The number of carbonyl (C=O) groups excluding carboxylic acids is 1. The van der Waals surface area contributed by atoms with Crippen LogP contribution >= 0.6 is 23.5 Å². The van der Waals surface area contributed by atoms with Gasteiger partial charge in [0.05, 0.1) is 13.2 Å². The van der Waals surface area contributed by atoms with Crippen molar-refractivity contribution < 1.29 is 15.0 Å². The number of thioether (sulfide) groups is 2. The maximum Gasteiger partial charge on any atom is 0.281 e. The number of amides is 1. The molecule has 0 radical (unpaired) electrons. The molecule has 4 heterocycles. The van der Waals surface area contributed by atoms with Gasteiger partial charge in [-0.3, -0.25) is 14.6 Å². The summed E-state index contributed by atoms with van der Waals surface area (Å²) in [4.78, 5) is 48.9. The van der Waals surface area contributed by atoms with E-state index < -0.39 is 17.5 Å². The summed E-state index contributed by atoms with van der Waals surface area (Å²) in [6, 6.07) is -0.846. The molecule has 1 atom stereocenters. The van der Waals surface area contributed by atoms with Gasteiger partial charge in [-0.1, -0.05) is 23.5 Å². The average Bonchev–Trinajstić information content (AvgIpc) is 3.25. The van der Waals surface area contributed by atoms with Crippen LogP contribution in [0.5, 0.6) is 0 Å². The number of aliphatic hydroxyl groups excluding tert-OH is 2. The second-order valence-electron chi connectivity index (χ2n) is 6.56. The van der Waals surface area contributed by atoms with Gasteiger partial charge >= 0.3 is 0 Å². The molecule has 0 saturated carbocycles. The number of β-amino-alcohol motifs (C(OH)–C–C–N with tert-alkyl or cyclic N) is 1. The van der Waals surface area contributed by atoms with Gasteiger partial charge in [0.15, 0.2) is 27.5 Å². The fraction of sp³-hybridized carbons (Fsp3) is 0.438. The molecule has 2 aromatic heterocycles. The number of aliphatic imine (C=N–C) groups is 3. The lowest BCUT2D eigenvalue weighted by Crippen LogP contribution is -2.42. The Morgan fingerprint density at radius 3 is 2.53 bits per heavy atom. The summed E-state index contributed by atoms with van der Waals surface area (Å²) in [5, 5.41) is 19.8. The van der Waals surface area contributed by atoms with Gasteiger partial charge in [-0.05, 0) is 0 Å². The highest BCUT2D eigenvalue weighted by molar-refractivity contribution is 8.14. The third-order valence-corrected chi connectivity index (χ3v) is 6.69. The molecule has 16 heteroatoms. The molecule has 0 aromatic carbocycles. The van der Waals surface area contributed by atoms with E-state index in [1.807, 2.05) is 0 Å². The Kier molecular flexibility index (Phi) is 6.45. The van der Waals surface area contributed by atoms with Crippen LogP contribution in [0.4, 0.5) is 5.95 Å². The Morgan fingerprint density at radius 1 is 1.03 bits per heavy atom. The summed E-state index contributed by atoms with van der Waals surface area (Å²) < 4.78 is 1.64. The Balaban J connectivity index is 1.46. The molecule has 2 aliphatic rings. The van der Waals surface area contributed by atoms with Gasteiger partial charge in [-0.2, -0.15) is 15.0 Å². The lowest BCUT2D eigenvalue weighted by atomic mass is 10.2. The van der Waals surface area contributed by atoms with Crippen molar-refractivity contribution in [3.63, 3.8) is 0 Å². The van der Waals surface area contributed by atoms with Gasteiger partial charge in [0.25, 0.3) is 11.5 Å². The van der Waals surface area contributed by atoms with E-state index in [0.717, 1.165) is 0 Å². The molecule has 1 unspecified atom stereocenters. The number of aromatic nitrogens is 4. The van der Waals surface area contributed by atoms with Crippen LogP contribution in [0.15, 0.2) is 24.9 Å². The van der Waals surface area contributed by atoms with Crippen molar-refractivity contribution in [2.75, 3.05) is 37.0 Å². The first-order chi connectivity index (χ1) is 15.4. The number of hydrogen-bond donors (Lipinski definition) is 5. The average molecular weight is 481 g/mol. The second kappa shape index (κ2) is 9.27. The highest BCUT2D eigenvalue weighted by Crippen LogP contribution is 2.26. The van der Waals surface area contributed by atoms with Crippen LogP contribution < -0.4 is 17.0 Å². The molecule has 14 nitrogen and oxygen atoms in total. The Bertz CT molecular complexity index is 1200. The normalized spacial score (nSPS) is 18.1. The van der Waals surface area contributed by atoms with E-state index in [1.165, 1.54) is 23.5 Å². The minimum absolute atomic E-state index is 0.0274. The standard InChI is InChI=1S/C16H20N10O4S2/c17-13-21-9-7(11(29)23-13)19-15(25(9)1-3-27)31-5-6-32-16-20-8-10(26(16)2-4-28)22-14(18)24-12(8)30/h7,27-28H,1-6H2,(H2,17,23,29)(H3,18,22,24,30). The number of nitrogens with zero attached hydrogens (tertiary/aromatic N) is 7. The number of nitrogens with two attached hydrogens (primary N) is 2. The van der Waals surface area contributed by atoms with Crippen molar-refractivity contribution in [1.82, 2.24) is 24.4 Å². The Morgan fingerprint density at radius 2 is 1.78 bits per heavy atom. The van der Waals surface area contributed by atoms with E-state index in [4.69, 9.17) is 11.5 Å². The molecular formula is C16H20N10O4S2. The largest absolute Gasteiger partial charge is 0.395 e. The Hall–Kier alpha value is -2.95. The first-order valence-corrected chi connectivity index (χ1v) is 11.4. The van der Waals surface area contributed by atoms with Crippen LogP contribution in [0.25, 0.3) is 11.2 Å². The van der Waals surface area contributed by atoms with Gasteiger partial charge < -0.3 is 31.1 Å². The summed E-state index contributed by atoms with van der Waals surface area (Å²) in [7, 11) is 0. The number of nitrogens with one attached hydrogen (secondary N) is 1. The summed E-state index contributed by atoms with van der Waals surface area (Å²) >= 11 is 2.76. The maximum atomic E-state index is 12.1. The van der Waals surface area contributed by atoms with Crippen molar-refractivity contribution in [2.45, 2.75) is 17.7 Å². The smallest absolute Gasteiger partial charge is 0.281 e. The topological polar surface area (TPSA) is 213 Å². The monoisotopic (exact) mass is 480 g/mol. The van der Waals surface area contributed by atoms with Crippen LogP contribution in [0.3, 0.4) is 0 Å². The Labute approximate surface area is 188 Å². The molecule has 7 N–H and O–H groups in total. The van der Waals surface area contributed by atoms with Crippen molar-refractivity contribution >= 4 is 63.5 Å². The third-order valence-electron chi connectivity index (χ3n) is 4.46. The van der Waals surface area contributed by atoms with Crippen LogP contribution in [-0.4, -0.2) is 94.8 Å². The number of hydrogen-bond acceptors (Lipinski definition) is 13. The van der Waals surface area contributed by atoms with E-state index in [-0.39, 0.29) is 43.7 Å². The van der Waals surface area contributed by atoms with E-state index in [9.17, 15) is 19.8 Å². The van der Waals surface area contributed by atoms with E-state index in [0.29, 0.717) is 33.3 Å². The summed E-state index contributed by atoms with van der Waals surface area (Å²) in [5.41, 5.74) is 11.2. The van der Waals surface area contributed by atoms with E-state index in [1.54, 1.807) is 9.47 Å². The minimum Gasteiger partial charge on any atom is -0.395 e. The molecule has 0 bridgehead atoms. The molecule has 170 valence electrons. The van der Waals surface area contributed by atoms with Crippen LogP contribution in [-0.2, 0) is 11.3 Å². The van der Waals surface area contributed by atoms with Gasteiger partial charge in [-0.25, -0.2) is 9.98 Å². The number of aliphatic hydroxyl groups is 2. The number of carbonyl (C=O) groups is 1. The molecule has 4 rings (SSSR count). The lowest BCUT2D eigenvalue weighted by molar-refractivity contribution is -0.117. The molecule has 0 saturated heterocycles. The maximum absolute atomic E-state index is 12.1. The van der Waals surface area contributed by atoms with Crippen LogP contribution in [0.2, 0.25) is 0 Å². The zero-order valence-corrected chi connectivity index (χ0v) is 18.3. The predicted octanol–water partition coefficient (Wildman–Crippen LogP) is -2.19. The number of fused-ring (bicyclic) bond motifs is 2. The zero-order valence-electron chi connectivity index (χ0n) is 16.6. The quantitative estimate of drug-likeness (QED) is 0.202. The fourth-order valence-electron chi connectivity index (χ4n) is 3.20. The number of nitrogen functional groups attached to an aromatic ring is 1. The molecule has 2 aliphatic heterocycles. The number of H-pyrrole nitrogens is 1. The van der Waals surface area contributed by atoms with Gasteiger partial charge in [0, 0.05) is 24.6 Å². The molecule has 32 heavy (non-hydrogen) atoms. The molecule has 2 aromatic rings. The van der Waals surface area contributed by atoms with E-state index in [2.05, 4.69) is 29.9 Å². The summed E-state index contributed by atoms with van der Waals surface area (Å²) in [6.07, 6.45) is 0. The van der Waals surface area contributed by atoms with Crippen molar-refractivity contribution in [1.29, 1.82) is 0 Å². The second-order valence-corrected chi connectivity index (χ2v) is 8.68. The first kappa shape index (κ1) is 22.3. The van der Waals surface area contributed by atoms with Gasteiger partial charge in [0.2, 0.25) is 11.9 Å². The predicted molar refractivity (Wildman–Crippen MR) is 122 cm³/mol. The van der Waals surface area contributed by atoms with Gasteiger partial charge in [-0.15, -0.1) is 0 Å². The minimum atomic E-state index is -0.846. The van der Waals surface area contributed by atoms with Crippen LogP contribution in [0, 0.1) is 0 Å². The molecule has 0 aliphatic carbocycles. The number of rotatable bonds is 8. The van der Waals surface area contributed by atoms with Crippen molar-refractivity contribution in [3.05, 3.63) is 10.4 Å². The third kappa shape index (κ3) is 4.21. The number of amidine groups is 2. The van der Waals surface area contributed by atoms with Gasteiger partial charge in [0.1, 0.15) is 5.84 Å².